The molecule has 0 heterocycles. The van der Waals surface area contributed by atoms with E-state index < -0.39 is 0 Å². The molecular formula is C16H24N2O. The summed E-state index contributed by atoms with van der Waals surface area (Å²) in [5.41, 5.74) is 9.57. The van der Waals surface area contributed by atoms with E-state index in [1.165, 1.54) is 24.0 Å². The zero-order chi connectivity index (χ0) is 13.7. The van der Waals surface area contributed by atoms with Crippen molar-refractivity contribution in [3.8, 4) is 0 Å². The molecule has 1 atom stereocenters. The van der Waals surface area contributed by atoms with Crippen LogP contribution in [0, 0.1) is 0 Å². The molecule has 0 spiro atoms. The van der Waals surface area contributed by atoms with Crippen LogP contribution in [0.25, 0.3) is 0 Å². The molecule has 1 aliphatic carbocycles. The minimum Gasteiger partial charge on any atom is -0.324 e. The number of carbonyl (C=O) groups excluding carboxylic acids is 1. The van der Waals surface area contributed by atoms with E-state index in [2.05, 4.69) is 18.3 Å². The van der Waals surface area contributed by atoms with Gasteiger partial charge in [0.05, 0.1) is 6.04 Å². The monoisotopic (exact) mass is 260 g/mol. The smallest absolute Gasteiger partial charge is 0.241 e. The first-order valence-electron chi connectivity index (χ1n) is 7.39. The normalized spacial score (nSPS) is 15.7. The number of nitrogens with two attached hydrogens (primary N) is 1. The molecule has 3 heteroatoms. The lowest BCUT2D eigenvalue weighted by molar-refractivity contribution is -0.117. The summed E-state index contributed by atoms with van der Waals surface area (Å²) in [5, 5.41) is 3.01. The van der Waals surface area contributed by atoms with Gasteiger partial charge in [-0.05, 0) is 49.3 Å². The van der Waals surface area contributed by atoms with E-state index in [1.54, 1.807) is 0 Å². The molecule has 0 bridgehead atoms. The van der Waals surface area contributed by atoms with Gasteiger partial charge in [0.25, 0.3) is 0 Å². The van der Waals surface area contributed by atoms with Crippen LogP contribution in [0.5, 0.6) is 0 Å². The number of anilines is 1. The van der Waals surface area contributed by atoms with E-state index in [4.69, 9.17) is 5.73 Å². The van der Waals surface area contributed by atoms with Crippen molar-refractivity contribution in [2.24, 2.45) is 5.73 Å². The number of nitrogens with one attached hydrogen (secondary N) is 1. The first-order chi connectivity index (χ1) is 9.22. The molecule has 1 amide bonds. The highest BCUT2D eigenvalue weighted by Gasteiger charge is 2.17. The maximum Gasteiger partial charge on any atom is 0.241 e. The number of fused-ring (bicyclic) bond motifs is 1. The maximum atomic E-state index is 12.1. The zero-order valence-corrected chi connectivity index (χ0v) is 11.7. The van der Waals surface area contributed by atoms with Crippen LogP contribution in [0.4, 0.5) is 5.69 Å². The van der Waals surface area contributed by atoms with Gasteiger partial charge in [-0.1, -0.05) is 31.9 Å². The zero-order valence-electron chi connectivity index (χ0n) is 11.7. The highest BCUT2D eigenvalue weighted by molar-refractivity contribution is 5.95. The minimum atomic E-state index is -0.389. The summed E-state index contributed by atoms with van der Waals surface area (Å²) >= 11 is 0. The van der Waals surface area contributed by atoms with Crippen molar-refractivity contribution in [1.29, 1.82) is 0 Å². The molecule has 0 fully saturated rings. The lowest BCUT2D eigenvalue weighted by Crippen LogP contribution is -2.35. The molecular weight excluding hydrogens is 236 g/mol. The van der Waals surface area contributed by atoms with Gasteiger partial charge in [-0.3, -0.25) is 4.79 Å². The summed E-state index contributed by atoms with van der Waals surface area (Å²) in [6.07, 6.45) is 7.49. The highest BCUT2D eigenvalue weighted by Crippen LogP contribution is 2.27. The van der Waals surface area contributed by atoms with E-state index in [9.17, 15) is 4.79 Å². The number of hydrogen-bond donors (Lipinski definition) is 2. The number of amides is 1. The first kappa shape index (κ1) is 14.1. The summed E-state index contributed by atoms with van der Waals surface area (Å²) in [7, 11) is 0. The molecule has 104 valence electrons. The summed E-state index contributed by atoms with van der Waals surface area (Å²) in [6.45, 7) is 2.11. The fraction of sp³-hybridized carbons (Fsp3) is 0.562. The third kappa shape index (κ3) is 3.57. The highest BCUT2D eigenvalue weighted by atomic mass is 16.2. The number of rotatable bonds is 5. The summed E-state index contributed by atoms with van der Waals surface area (Å²) in [6, 6.07) is 5.80. The van der Waals surface area contributed by atoms with Crippen LogP contribution >= 0.6 is 0 Å². The van der Waals surface area contributed by atoms with Crippen molar-refractivity contribution < 1.29 is 4.79 Å². The first-order valence-corrected chi connectivity index (χ1v) is 7.39. The Hall–Kier alpha value is -1.35. The van der Waals surface area contributed by atoms with Gasteiger partial charge in [0, 0.05) is 5.69 Å². The molecule has 1 aromatic rings. The Labute approximate surface area is 115 Å². The van der Waals surface area contributed by atoms with E-state index in [0.29, 0.717) is 0 Å². The van der Waals surface area contributed by atoms with Crippen LogP contribution in [0.3, 0.4) is 0 Å². The SMILES string of the molecule is CCCCC(N)C(=O)Nc1cccc2c1CCCC2. The van der Waals surface area contributed by atoms with E-state index >= 15 is 0 Å². The second kappa shape index (κ2) is 6.71. The van der Waals surface area contributed by atoms with Crippen molar-refractivity contribution in [2.45, 2.75) is 57.9 Å². The van der Waals surface area contributed by atoms with Gasteiger partial charge in [0.15, 0.2) is 0 Å². The maximum absolute atomic E-state index is 12.1. The van der Waals surface area contributed by atoms with Gasteiger partial charge in [-0.15, -0.1) is 0 Å². The Kier molecular flexibility index (Phi) is 4.97. The number of benzene rings is 1. The average molecular weight is 260 g/mol. The Morgan fingerprint density at radius 3 is 2.95 bits per heavy atom. The summed E-state index contributed by atoms with van der Waals surface area (Å²) in [4.78, 5) is 12.1. The fourth-order valence-electron chi connectivity index (χ4n) is 2.68. The molecule has 0 saturated carbocycles. The third-order valence-electron chi connectivity index (χ3n) is 3.86. The van der Waals surface area contributed by atoms with Crippen LogP contribution in [0.2, 0.25) is 0 Å². The lowest BCUT2D eigenvalue weighted by Gasteiger charge is -2.20. The molecule has 1 aromatic carbocycles. The van der Waals surface area contributed by atoms with Crippen LogP contribution < -0.4 is 11.1 Å². The Balaban J connectivity index is 2.04. The Morgan fingerprint density at radius 1 is 1.37 bits per heavy atom. The predicted molar refractivity (Wildman–Crippen MR) is 79.2 cm³/mol. The van der Waals surface area contributed by atoms with Crippen LogP contribution in [0.1, 0.15) is 50.2 Å². The lowest BCUT2D eigenvalue weighted by atomic mass is 9.90. The summed E-state index contributed by atoms with van der Waals surface area (Å²) in [5.74, 6) is -0.0487. The molecule has 19 heavy (non-hydrogen) atoms. The molecule has 3 N–H and O–H groups in total. The minimum absolute atomic E-state index is 0.0487. The molecule has 3 nitrogen and oxygen atoms in total. The Bertz CT molecular complexity index is 442. The second-order valence-corrected chi connectivity index (χ2v) is 5.39. The van der Waals surface area contributed by atoms with Crippen LogP contribution in [-0.2, 0) is 17.6 Å². The molecule has 1 unspecified atom stereocenters. The largest absolute Gasteiger partial charge is 0.324 e. The van der Waals surface area contributed by atoms with Crippen LogP contribution in [0.15, 0.2) is 18.2 Å². The molecule has 2 rings (SSSR count). The number of carbonyl (C=O) groups is 1. The average Bonchev–Trinajstić information content (AvgIpc) is 2.45. The Morgan fingerprint density at radius 2 is 2.16 bits per heavy atom. The van der Waals surface area contributed by atoms with E-state index in [1.807, 2.05) is 12.1 Å². The quantitative estimate of drug-likeness (QED) is 0.855. The number of unbranched alkanes of at least 4 members (excludes halogenated alkanes) is 1. The van der Waals surface area contributed by atoms with Gasteiger partial charge in [0.2, 0.25) is 5.91 Å². The fourth-order valence-corrected chi connectivity index (χ4v) is 2.68. The van der Waals surface area contributed by atoms with Crippen molar-refractivity contribution in [3.05, 3.63) is 29.3 Å². The molecule has 0 saturated heterocycles. The van der Waals surface area contributed by atoms with Crippen molar-refractivity contribution in [3.63, 3.8) is 0 Å². The third-order valence-corrected chi connectivity index (χ3v) is 3.86. The second-order valence-electron chi connectivity index (χ2n) is 5.39. The molecule has 0 aromatic heterocycles. The van der Waals surface area contributed by atoms with E-state index in [0.717, 1.165) is 37.8 Å². The van der Waals surface area contributed by atoms with Crippen LogP contribution in [-0.4, -0.2) is 11.9 Å². The topological polar surface area (TPSA) is 55.1 Å². The van der Waals surface area contributed by atoms with Gasteiger partial charge in [-0.25, -0.2) is 0 Å². The van der Waals surface area contributed by atoms with Crippen molar-refractivity contribution >= 4 is 11.6 Å². The van der Waals surface area contributed by atoms with Crippen molar-refractivity contribution in [2.75, 3.05) is 5.32 Å². The van der Waals surface area contributed by atoms with Gasteiger partial charge in [0.1, 0.15) is 0 Å². The van der Waals surface area contributed by atoms with E-state index in [-0.39, 0.29) is 11.9 Å². The molecule has 0 aliphatic heterocycles. The molecule has 0 radical (unpaired) electrons. The number of aryl methyl sites for hydroxylation is 1. The predicted octanol–water partition coefficient (Wildman–Crippen LogP) is 3.02. The number of hydrogen-bond acceptors (Lipinski definition) is 2. The van der Waals surface area contributed by atoms with Crippen molar-refractivity contribution in [1.82, 2.24) is 0 Å². The van der Waals surface area contributed by atoms with Gasteiger partial charge >= 0.3 is 0 Å². The summed E-state index contributed by atoms with van der Waals surface area (Å²) < 4.78 is 0. The standard InChI is InChI=1S/C16H24N2O/c1-2-3-10-14(17)16(19)18-15-11-6-8-12-7-4-5-9-13(12)15/h6,8,11,14H,2-5,7,9-10,17H2,1H3,(H,18,19). The van der Waals surface area contributed by atoms with Gasteiger partial charge < -0.3 is 11.1 Å². The van der Waals surface area contributed by atoms with Gasteiger partial charge in [-0.2, -0.15) is 0 Å². The molecule has 1 aliphatic rings.